The summed E-state index contributed by atoms with van der Waals surface area (Å²) in [6.07, 6.45) is 5.06. The van der Waals surface area contributed by atoms with Crippen LogP contribution in [0.2, 0.25) is 0 Å². The molecule has 3 aromatic carbocycles. The Morgan fingerprint density at radius 2 is 1.68 bits per heavy atom. The third-order valence-corrected chi connectivity index (χ3v) is 10.3. The molecule has 236 valence electrons. The van der Waals surface area contributed by atoms with Crippen LogP contribution in [0.4, 0.5) is 5.69 Å². The molecule has 0 spiro atoms. The summed E-state index contributed by atoms with van der Waals surface area (Å²) in [5.41, 5.74) is 2.02. The van der Waals surface area contributed by atoms with Gasteiger partial charge in [0.2, 0.25) is 11.8 Å². The zero-order chi connectivity index (χ0) is 31.9. The number of hydrogen-bond acceptors (Lipinski definition) is 6. The van der Waals surface area contributed by atoms with Gasteiger partial charge in [-0.25, -0.2) is 8.42 Å². The van der Waals surface area contributed by atoms with Crippen molar-refractivity contribution in [2.75, 3.05) is 25.1 Å². The molecule has 4 rings (SSSR count). The van der Waals surface area contributed by atoms with Crippen LogP contribution in [0.25, 0.3) is 0 Å². The Bertz CT molecular complexity index is 1560. The van der Waals surface area contributed by atoms with Gasteiger partial charge in [-0.05, 0) is 90.6 Å². The number of amides is 2. The van der Waals surface area contributed by atoms with E-state index >= 15 is 0 Å². The van der Waals surface area contributed by atoms with Crippen LogP contribution in [0.1, 0.15) is 50.2 Å². The van der Waals surface area contributed by atoms with Crippen LogP contribution in [-0.4, -0.2) is 58.0 Å². The number of nitrogens with one attached hydrogen (secondary N) is 1. The van der Waals surface area contributed by atoms with Crippen molar-refractivity contribution >= 4 is 43.5 Å². The van der Waals surface area contributed by atoms with Gasteiger partial charge in [-0.3, -0.25) is 13.9 Å². The lowest BCUT2D eigenvalue weighted by Crippen LogP contribution is -2.53. The monoisotopic (exact) mass is 685 g/mol. The minimum atomic E-state index is -4.22. The van der Waals surface area contributed by atoms with Gasteiger partial charge in [-0.1, -0.05) is 49.1 Å². The van der Waals surface area contributed by atoms with Gasteiger partial charge in [0.1, 0.15) is 24.1 Å². The number of anilines is 1. The highest BCUT2D eigenvalue weighted by atomic mass is 79.9. The molecule has 1 fully saturated rings. The summed E-state index contributed by atoms with van der Waals surface area (Å²) in [6.45, 7) is 3.16. The number of carbonyl (C=O) groups excluding carboxylic acids is 2. The van der Waals surface area contributed by atoms with E-state index in [1.807, 2.05) is 19.1 Å². The molecule has 1 N–H and O–H groups in total. The first kappa shape index (κ1) is 33.3. The summed E-state index contributed by atoms with van der Waals surface area (Å²) in [7, 11) is -1.16. The molecule has 0 saturated heterocycles. The summed E-state index contributed by atoms with van der Waals surface area (Å²) in [5, 5.41) is 3.12. The van der Waals surface area contributed by atoms with E-state index in [1.54, 1.807) is 56.5 Å². The highest BCUT2D eigenvalue weighted by molar-refractivity contribution is 9.10. The molecule has 0 aromatic heterocycles. The van der Waals surface area contributed by atoms with Crippen molar-refractivity contribution < 1.29 is 27.5 Å². The average molecular weight is 687 g/mol. The predicted octanol–water partition coefficient (Wildman–Crippen LogP) is 5.84. The lowest BCUT2D eigenvalue weighted by atomic mass is 9.95. The molecule has 1 saturated carbocycles. The zero-order valence-corrected chi connectivity index (χ0v) is 28.0. The van der Waals surface area contributed by atoms with E-state index in [0.29, 0.717) is 21.7 Å². The van der Waals surface area contributed by atoms with Crippen molar-refractivity contribution in [3.05, 3.63) is 82.3 Å². The Labute approximate surface area is 268 Å². The molecule has 0 bridgehead atoms. The first-order chi connectivity index (χ1) is 21.0. The second-order valence-electron chi connectivity index (χ2n) is 11.0. The molecule has 0 radical (unpaired) electrons. The maximum absolute atomic E-state index is 14.2. The number of aryl methyl sites for hydroxylation is 1. The molecule has 1 aliphatic rings. The Kier molecular flexibility index (Phi) is 11.3. The lowest BCUT2D eigenvalue weighted by molar-refractivity contribution is -0.139. The van der Waals surface area contributed by atoms with Gasteiger partial charge in [-0.2, -0.15) is 0 Å². The van der Waals surface area contributed by atoms with Crippen LogP contribution in [0.3, 0.4) is 0 Å². The minimum absolute atomic E-state index is 0.0130. The Morgan fingerprint density at radius 1 is 0.977 bits per heavy atom. The largest absolute Gasteiger partial charge is 0.497 e. The van der Waals surface area contributed by atoms with E-state index < -0.39 is 28.5 Å². The maximum atomic E-state index is 14.2. The number of benzene rings is 3. The number of sulfonamides is 1. The quantitative estimate of drug-likeness (QED) is 0.257. The highest BCUT2D eigenvalue weighted by Crippen LogP contribution is 2.31. The average Bonchev–Trinajstić information content (AvgIpc) is 3.03. The molecule has 11 heteroatoms. The predicted molar refractivity (Wildman–Crippen MR) is 174 cm³/mol. The standard InChI is InChI=1S/C33H40BrN3O6S/c1-23-13-15-27(16-14-23)37(44(40,41)29-17-18-31(43-4)30(34)20-29)22-32(38)36(21-25-9-8-12-28(19-25)42-3)24(2)33(39)35-26-10-6-5-7-11-26/h8-9,12-20,24,26H,5-7,10-11,21-22H2,1-4H3,(H,35,39). The highest BCUT2D eigenvalue weighted by Gasteiger charge is 2.33. The molecule has 9 nitrogen and oxygen atoms in total. The van der Waals surface area contributed by atoms with Gasteiger partial charge in [0.15, 0.2) is 0 Å². The Morgan fingerprint density at radius 3 is 2.32 bits per heavy atom. The summed E-state index contributed by atoms with van der Waals surface area (Å²) in [6, 6.07) is 17.8. The van der Waals surface area contributed by atoms with E-state index in [0.717, 1.165) is 47.5 Å². The summed E-state index contributed by atoms with van der Waals surface area (Å²) in [4.78, 5) is 29.1. The van der Waals surface area contributed by atoms with Crippen LogP contribution in [0.5, 0.6) is 11.5 Å². The summed E-state index contributed by atoms with van der Waals surface area (Å²) >= 11 is 3.38. The molecule has 44 heavy (non-hydrogen) atoms. The van der Waals surface area contributed by atoms with Crippen LogP contribution >= 0.6 is 15.9 Å². The summed E-state index contributed by atoms with van der Waals surface area (Å²) in [5.74, 6) is 0.306. The fourth-order valence-corrected chi connectivity index (χ4v) is 7.43. The van der Waals surface area contributed by atoms with Crippen molar-refractivity contribution in [2.45, 2.75) is 69.5 Å². The van der Waals surface area contributed by atoms with Crippen LogP contribution in [-0.2, 0) is 26.2 Å². The lowest BCUT2D eigenvalue weighted by Gasteiger charge is -2.33. The second kappa shape index (κ2) is 14.9. The van der Waals surface area contributed by atoms with Crippen molar-refractivity contribution in [2.24, 2.45) is 0 Å². The van der Waals surface area contributed by atoms with Crippen LogP contribution in [0.15, 0.2) is 76.1 Å². The number of halogens is 1. The van der Waals surface area contributed by atoms with Gasteiger partial charge in [0, 0.05) is 12.6 Å². The SMILES string of the molecule is COc1cccc(CN(C(=O)CN(c2ccc(C)cc2)S(=O)(=O)c2ccc(OC)c(Br)c2)C(C)C(=O)NC2CCCCC2)c1. The molecule has 2 amide bonds. The molecule has 1 unspecified atom stereocenters. The fourth-order valence-electron chi connectivity index (χ4n) is 5.29. The van der Waals surface area contributed by atoms with Crippen molar-refractivity contribution in [1.29, 1.82) is 0 Å². The first-order valence-electron chi connectivity index (χ1n) is 14.7. The van der Waals surface area contributed by atoms with Crippen LogP contribution in [0, 0.1) is 6.92 Å². The smallest absolute Gasteiger partial charge is 0.264 e. The van der Waals surface area contributed by atoms with E-state index in [9.17, 15) is 18.0 Å². The number of rotatable bonds is 12. The number of methoxy groups -OCH3 is 2. The van der Waals surface area contributed by atoms with Gasteiger partial charge < -0.3 is 19.7 Å². The molecular weight excluding hydrogens is 646 g/mol. The van der Waals surface area contributed by atoms with Crippen molar-refractivity contribution in [1.82, 2.24) is 10.2 Å². The topological polar surface area (TPSA) is 105 Å². The van der Waals surface area contributed by atoms with Gasteiger partial charge in [-0.15, -0.1) is 0 Å². The fraction of sp³-hybridized carbons (Fsp3) is 0.394. The van der Waals surface area contributed by atoms with Gasteiger partial charge >= 0.3 is 0 Å². The number of hydrogen-bond donors (Lipinski definition) is 1. The minimum Gasteiger partial charge on any atom is -0.497 e. The second-order valence-corrected chi connectivity index (χ2v) is 13.8. The Hall–Kier alpha value is -3.57. The van der Waals surface area contributed by atoms with E-state index in [2.05, 4.69) is 21.2 Å². The molecule has 0 aliphatic heterocycles. The van der Waals surface area contributed by atoms with Gasteiger partial charge in [0.05, 0.1) is 29.3 Å². The van der Waals surface area contributed by atoms with E-state index in [4.69, 9.17) is 9.47 Å². The Balaban J connectivity index is 1.70. The van der Waals surface area contributed by atoms with E-state index in [-0.39, 0.29) is 23.4 Å². The third kappa shape index (κ3) is 8.12. The maximum Gasteiger partial charge on any atom is 0.264 e. The molecule has 1 aliphatic carbocycles. The van der Waals surface area contributed by atoms with E-state index in [1.165, 1.54) is 24.1 Å². The van der Waals surface area contributed by atoms with Crippen LogP contribution < -0.4 is 19.1 Å². The molecule has 0 heterocycles. The molecule has 3 aromatic rings. The number of nitrogens with zero attached hydrogens (tertiary/aromatic N) is 2. The zero-order valence-electron chi connectivity index (χ0n) is 25.6. The van der Waals surface area contributed by atoms with Crippen molar-refractivity contribution in [3.63, 3.8) is 0 Å². The number of carbonyl (C=O) groups is 2. The van der Waals surface area contributed by atoms with Gasteiger partial charge in [0.25, 0.3) is 10.0 Å². The molecular formula is C33H40BrN3O6S. The third-order valence-electron chi connectivity index (χ3n) is 7.92. The molecule has 1 atom stereocenters. The first-order valence-corrected chi connectivity index (χ1v) is 16.9. The normalized spacial score (nSPS) is 14.4. The number of ether oxygens (including phenoxy) is 2. The van der Waals surface area contributed by atoms with Crippen molar-refractivity contribution in [3.8, 4) is 11.5 Å². The summed E-state index contributed by atoms with van der Waals surface area (Å²) < 4.78 is 40.5.